The molecule has 0 saturated heterocycles. The van der Waals surface area contributed by atoms with E-state index in [0.29, 0.717) is 25.2 Å². The molecule has 0 saturated carbocycles. The summed E-state index contributed by atoms with van der Waals surface area (Å²) in [6, 6.07) is -0.951. The zero-order valence-electron chi connectivity index (χ0n) is 18.9. The molecule has 1 amide bonds. The Morgan fingerprint density at radius 2 is 1.77 bits per heavy atom. The van der Waals surface area contributed by atoms with Gasteiger partial charge in [-0.25, -0.2) is 23.3 Å². The monoisotopic (exact) mass is 463 g/mol. The topological polar surface area (TPSA) is 166 Å². The maximum absolute atomic E-state index is 12.5. The fourth-order valence-corrected chi connectivity index (χ4v) is 4.10. The highest BCUT2D eigenvalue weighted by Gasteiger charge is 2.24. The Morgan fingerprint density at radius 3 is 2.39 bits per heavy atom. The van der Waals surface area contributed by atoms with Crippen LogP contribution < -0.4 is 20.8 Å². The number of sulfonamides is 1. The van der Waals surface area contributed by atoms with Crippen LogP contribution in [-0.2, 0) is 14.8 Å². The van der Waals surface area contributed by atoms with Crippen LogP contribution in [0.4, 0.5) is 0 Å². The molecular formula is C19H39N6O5S. The van der Waals surface area contributed by atoms with Crippen LogP contribution >= 0.6 is 0 Å². The number of nitrogens with one attached hydrogen (secondary N) is 5. The minimum absolute atomic E-state index is 0.0335. The van der Waals surface area contributed by atoms with Gasteiger partial charge in [0.1, 0.15) is 6.04 Å². The summed E-state index contributed by atoms with van der Waals surface area (Å²) in [5, 5.41) is 21.9. The smallest absolute Gasteiger partial charge is 0.251 e. The number of guanidine groups is 1. The Kier molecular flexibility index (Phi) is 15.7. The maximum Gasteiger partial charge on any atom is 0.251 e. The Morgan fingerprint density at radius 1 is 1.13 bits per heavy atom. The van der Waals surface area contributed by atoms with Gasteiger partial charge < -0.3 is 10.6 Å². The van der Waals surface area contributed by atoms with Crippen LogP contribution in [0.5, 0.6) is 0 Å². The molecule has 1 radical (unpaired) electrons. The molecule has 0 unspecified atom stereocenters. The zero-order chi connectivity index (χ0) is 23.7. The number of carbonyl (C=O) groups excluding carboxylic acids is 1. The maximum atomic E-state index is 12.5. The lowest BCUT2D eigenvalue weighted by Crippen LogP contribution is -2.47. The first kappa shape index (κ1) is 29.1. The van der Waals surface area contributed by atoms with Gasteiger partial charge in [-0.1, -0.05) is 58.3 Å². The van der Waals surface area contributed by atoms with Crippen molar-refractivity contribution >= 4 is 21.9 Å². The van der Waals surface area contributed by atoms with E-state index in [9.17, 15) is 23.3 Å². The van der Waals surface area contributed by atoms with Crippen LogP contribution in [0.15, 0.2) is 0 Å². The molecule has 0 fully saturated rings. The predicted molar refractivity (Wildman–Crippen MR) is 121 cm³/mol. The van der Waals surface area contributed by atoms with E-state index in [4.69, 9.17) is 5.41 Å². The molecule has 11 nitrogen and oxygen atoms in total. The lowest BCUT2D eigenvalue weighted by atomic mass is 10.1. The Labute approximate surface area is 186 Å². The van der Waals surface area contributed by atoms with Crippen LogP contribution in [0.3, 0.4) is 0 Å². The number of hydrogen-bond donors (Lipinski definition) is 5. The van der Waals surface area contributed by atoms with Crippen molar-refractivity contribution in [2.45, 2.75) is 84.6 Å². The van der Waals surface area contributed by atoms with E-state index in [1.54, 1.807) is 12.0 Å². The molecule has 0 rings (SSSR count). The Bertz CT molecular complexity index is 642. The third-order valence-electron chi connectivity index (χ3n) is 4.41. The summed E-state index contributed by atoms with van der Waals surface area (Å²) in [6.45, 7) is 7.93. The van der Waals surface area contributed by atoms with Crippen molar-refractivity contribution in [3.8, 4) is 0 Å². The molecule has 5 N–H and O–H groups in total. The second kappa shape index (κ2) is 16.7. The van der Waals surface area contributed by atoms with E-state index in [1.165, 1.54) is 0 Å². The van der Waals surface area contributed by atoms with E-state index in [2.05, 4.69) is 22.3 Å². The van der Waals surface area contributed by atoms with Crippen molar-refractivity contribution < 1.29 is 18.2 Å². The number of amides is 1. The van der Waals surface area contributed by atoms with Gasteiger partial charge in [-0.2, -0.15) is 0 Å². The zero-order valence-corrected chi connectivity index (χ0v) is 19.7. The van der Waals surface area contributed by atoms with E-state index in [0.717, 1.165) is 32.1 Å². The number of rotatable bonds is 18. The van der Waals surface area contributed by atoms with Crippen molar-refractivity contribution in [3.63, 3.8) is 0 Å². The lowest BCUT2D eigenvalue weighted by Gasteiger charge is -2.19. The first-order valence-electron chi connectivity index (χ1n) is 10.9. The normalized spacial score (nSPS) is 12.4. The van der Waals surface area contributed by atoms with Gasteiger partial charge in [0.2, 0.25) is 15.9 Å². The highest BCUT2D eigenvalue weighted by Crippen LogP contribution is 2.08. The van der Waals surface area contributed by atoms with E-state index < -0.39 is 33.0 Å². The molecule has 0 aromatic carbocycles. The van der Waals surface area contributed by atoms with Crippen molar-refractivity contribution in [1.29, 1.82) is 5.41 Å². The van der Waals surface area contributed by atoms with Crippen LogP contribution in [-0.4, -0.2) is 43.7 Å². The predicted octanol–water partition coefficient (Wildman–Crippen LogP) is 2.04. The third kappa shape index (κ3) is 17.4. The molecule has 0 aromatic heterocycles. The van der Waals surface area contributed by atoms with Gasteiger partial charge in [0, 0.05) is 13.1 Å². The highest BCUT2D eigenvalue weighted by molar-refractivity contribution is 7.89. The van der Waals surface area contributed by atoms with Gasteiger partial charge in [0.25, 0.3) is 5.96 Å². The molecule has 0 aliphatic heterocycles. The molecule has 0 aliphatic rings. The molecule has 0 bridgehead atoms. The molecule has 0 aliphatic carbocycles. The standard InChI is InChI=1S/C19H39N6O5S/c1-4-5-6-7-8-9-15-31(29,30)24-17(18(26)21-14-12-16(2)3)11-10-13-22-19(20)23-25(27)28/h14,16-17,24H,4-13,15H2,1-3H3,(H,21,26)(H3,20,22,23)/t17-/m0/s1. The first-order valence-corrected chi connectivity index (χ1v) is 12.6. The summed E-state index contributed by atoms with van der Waals surface area (Å²) in [5.74, 6) is -0.591. The van der Waals surface area contributed by atoms with Crippen LogP contribution in [0.1, 0.15) is 78.6 Å². The molecular weight excluding hydrogens is 424 g/mol. The van der Waals surface area contributed by atoms with E-state index in [1.807, 2.05) is 13.8 Å². The van der Waals surface area contributed by atoms with Crippen LogP contribution in [0.2, 0.25) is 0 Å². The summed E-state index contributed by atoms with van der Waals surface area (Å²) in [5.41, 5.74) is 1.67. The van der Waals surface area contributed by atoms with Gasteiger partial charge in [-0.15, -0.1) is 0 Å². The third-order valence-corrected chi connectivity index (χ3v) is 5.88. The Hall–Kier alpha value is -1.95. The van der Waals surface area contributed by atoms with Gasteiger partial charge in [-0.3, -0.25) is 10.2 Å². The van der Waals surface area contributed by atoms with E-state index in [-0.39, 0.29) is 18.7 Å². The largest absolute Gasteiger partial charge is 0.352 e. The fraction of sp³-hybridized carbons (Fsp3) is 0.842. The second-order valence-electron chi connectivity index (χ2n) is 7.91. The molecule has 31 heavy (non-hydrogen) atoms. The summed E-state index contributed by atoms with van der Waals surface area (Å²) >= 11 is 0. The average Bonchev–Trinajstić information content (AvgIpc) is 2.66. The van der Waals surface area contributed by atoms with Crippen molar-refractivity contribution in [2.75, 3.05) is 12.3 Å². The Balaban J connectivity index is 4.64. The lowest BCUT2D eigenvalue weighted by molar-refractivity contribution is -0.525. The van der Waals surface area contributed by atoms with Gasteiger partial charge >= 0.3 is 0 Å². The molecule has 0 heterocycles. The summed E-state index contributed by atoms with van der Waals surface area (Å²) in [4.78, 5) is 22.8. The van der Waals surface area contributed by atoms with Crippen molar-refractivity contribution in [3.05, 3.63) is 16.7 Å². The van der Waals surface area contributed by atoms with Gasteiger partial charge in [-0.05, 0) is 31.6 Å². The number of nitro groups is 1. The van der Waals surface area contributed by atoms with Gasteiger partial charge in [0.15, 0.2) is 5.03 Å². The summed E-state index contributed by atoms with van der Waals surface area (Å²) in [7, 11) is -3.62. The van der Waals surface area contributed by atoms with Gasteiger partial charge in [0.05, 0.1) is 5.75 Å². The number of hydrazine groups is 1. The van der Waals surface area contributed by atoms with Crippen LogP contribution in [0, 0.1) is 28.0 Å². The SMILES string of the molecule is CCCCCCCCS(=O)(=O)N[C@@H](CCCNC(=N)N[N+](=O)[O-])C(=O)N[CH]CC(C)C. The molecule has 0 spiro atoms. The minimum Gasteiger partial charge on any atom is -0.352 e. The number of hydrogen-bond acceptors (Lipinski definition) is 6. The number of nitrogens with zero attached hydrogens (tertiary/aromatic N) is 1. The molecule has 1 atom stereocenters. The average molecular weight is 464 g/mol. The van der Waals surface area contributed by atoms with Crippen LogP contribution in [0.25, 0.3) is 0 Å². The molecule has 12 heteroatoms. The van der Waals surface area contributed by atoms with E-state index >= 15 is 0 Å². The first-order chi connectivity index (χ1) is 14.6. The fourth-order valence-electron chi connectivity index (χ4n) is 2.74. The number of unbranched alkanes of at least 4 members (excludes halogenated alkanes) is 5. The minimum atomic E-state index is -3.62. The molecule has 181 valence electrons. The summed E-state index contributed by atoms with van der Waals surface area (Å²) < 4.78 is 27.4. The quantitative estimate of drug-likeness (QED) is 0.0681. The second-order valence-corrected chi connectivity index (χ2v) is 9.79. The number of carbonyl (C=O) groups is 1. The van der Waals surface area contributed by atoms with Crippen molar-refractivity contribution in [2.24, 2.45) is 5.92 Å². The molecule has 0 aromatic rings. The highest BCUT2D eigenvalue weighted by atomic mass is 32.2. The van der Waals surface area contributed by atoms with Crippen molar-refractivity contribution in [1.82, 2.24) is 20.8 Å². The summed E-state index contributed by atoms with van der Waals surface area (Å²) in [6.07, 6.45) is 6.91.